The van der Waals surface area contributed by atoms with Crippen molar-refractivity contribution in [1.82, 2.24) is 24.4 Å². The number of carbonyl (C=O) groups excluding carboxylic acids is 1. The second kappa shape index (κ2) is 8.17. The van der Waals surface area contributed by atoms with Gasteiger partial charge in [-0.2, -0.15) is 4.98 Å². The fraction of sp³-hybridized carbons (Fsp3) is 0.478. The number of hydrogen-bond acceptors (Lipinski definition) is 6. The van der Waals surface area contributed by atoms with Crippen LogP contribution >= 0.6 is 0 Å². The molecule has 2 saturated carbocycles. The van der Waals surface area contributed by atoms with Gasteiger partial charge < -0.3 is 19.5 Å². The number of fused-ring (bicyclic) bond motifs is 1. The second-order valence-corrected chi connectivity index (χ2v) is 8.68. The highest BCUT2D eigenvalue weighted by Crippen LogP contribution is 2.35. The number of ether oxygens (including phenoxy) is 1. The van der Waals surface area contributed by atoms with Gasteiger partial charge in [-0.1, -0.05) is 12.8 Å². The van der Waals surface area contributed by atoms with Gasteiger partial charge >= 0.3 is 0 Å². The van der Waals surface area contributed by atoms with Crippen LogP contribution < -0.4 is 10.1 Å². The first-order valence-corrected chi connectivity index (χ1v) is 11.1. The molecule has 2 aliphatic carbocycles. The van der Waals surface area contributed by atoms with Crippen molar-refractivity contribution >= 4 is 28.7 Å². The van der Waals surface area contributed by atoms with Gasteiger partial charge in [0.25, 0.3) is 5.91 Å². The molecule has 3 aromatic rings. The van der Waals surface area contributed by atoms with Crippen LogP contribution in [0.2, 0.25) is 0 Å². The summed E-state index contributed by atoms with van der Waals surface area (Å²) in [5, 5.41) is 4.06. The molecule has 8 nitrogen and oxygen atoms in total. The molecule has 0 saturated heterocycles. The summed E-state index contributed by atoms with van der Waals surface area (Å²) in [6.45, 7) is 0. The Morgan fingerprint density at radius 1 is 1.10 bits per heavy atom. The topological polar surface area (TPSA) is 85.2 Å². The maximum atomic E-state index is 12.8. The van der Waals surface area contributed by atoms with E-state index >= 15 is 0 Å². The zero-order chi connectivity index (χ0) is 21.4. The van der Waals surface area contributed by atoms with Crippen LogP contribution in [0.25, 0.3) is 11.0 Å². The third kappa shape index (κ3) is 3.94. The smallest absolute Gasteiger partial charge is 0.270 e. The van der Waals surface area contributed by atoms with Gasteiger partial charge in [0, 0.05) is 31.7 Å². The van der Waals surface area contributed by atoms with Crippen LogP contribution in [0.1, 0.15) is 61.5 Å². The van der Waals surface area contributed by atoms with Gasteiger partial charge in [0.15, 0.2) is 0 Å². The summed E-state index contributed by atoms with van der Waals surface area (Å²) in [6, 6.07) is 5.99. The minimum atomic E-state index is -0.0110. The van der Waals surface area contributed by atoms with E-state index in [4.69, 9.17) is 9.72 Å². The van der Waals surface area contributed by atoms with Gasteiger partial charge in [-0.05, 0) is 50.3 Å². The molecule has 0 atom stereocenters. The van der Waals surface area contributed by atoms with E-state index in [1.165, 1.54) is 19.3 Å². The molecule has 1 N–H and O–H groups in total. The maximum Gasteiger partial charge on any atom is 0.270 e. The van der Waals surface area contributed by atoms with E-state index in [0.717, 1.165) is 42.5 Å². The summed E-state index contributed by atoms with van der Waals surface area (Å²) in [5.41, 5.74) is 1.47. The predicted molar refractivity (Wildman–Crippen MR) is 119 cm³/mol. The Labute approximate surface area is 181 Å². The lowest BCUT2D eigenvalue weighted by Crippen LogP contribution is -2.25. The SMILES string of the molecule is CN(C)C(=O)c1cc2cnc(Nc3ccc(OC4CCC4)cn3)nc2n1C1CCCC1. The van der Waals surface area contributed by atoms with E-state index in [9.17, 15) is 4.79 Å². The largest absolute Gasteiger partial charge is 0.489 e. The lowest BCUT2D eigenvalue weighted by molar-refractivity contribution is 0.0815. The summed E-state index contributed by atoms with van der Waals surface area (Å²) in [7, 11) is 3.56. The minimum absolute atomic E-state index is 0.0110. The monoisotopic (exact) mass is 420 g/mol. The average molecular weight is 421 g/mol. The van der Waals surface area contributed by atoms with Crippen molar-refractivity contribution < 1.29 is 9.53 Å². The van der Waals surface area contributed by atoms with Crippen LogP contribution in [0.3, 0.4) is 0 Å². The Morgan fingerprint density at radius 2 is 1.90 bits per heavy atom. The predicted octanol–water partition coefficient (Wildman–Crippen LogP) is 4.32. The van der Waals surface area contributed by atoms with Crippen LogP contribution in [-0.2, 0) is 0 Å². The first-order chi connectivity index (χ1) is 15.1. The highest BCUT2D eigenvalue weighted by molar-refractivity contribution is 5.97. The van der Waals surface area contributed by atoms with Crippen molar-refractivity contribution in [2.75, 3.05) is 19.4 Å². The fourth-order valence-corrected chi connectivity index (χ4v) is 4.31. The standard InChI is InChI=1S/C23H28N6O2/c1-28(2)22(30)19-12-15-13-25-23(27-21(15)29(19)16-6-3-4-7-16)26-20-11-10-18(14-24-20)31-17-8-5-9-17/h10-14,16-17H,3-9H2,1-2H3,(H,24,25,26,27). The van der Waals surface area contributed by atoms with E-state index in [1.54, 1.807) is 31.4 Å². The van der Waals surface area contributed by atoms with Crippen molar-refractivity contribution in [3.63, 3.8) is 0 Å². The normalized spacial score (nSPS) is 17.0. The van der Waals surface area contributed by atoms with Crippen LogP contribution in [0.15, 0.2) is 30.6 Å². The van der Waals surface area contributed by atoms with E-state index in [0.29, 0.717) is 29.6 Å². The summed E-state index contributed by atoms with van der Waals surface area (Å²) >= 11 is 0. The molecule has 3 aromatic heterocycles. The number of amides is 1. The van der Waals surface area contributed by atoms with Crippen molar-refractivity contribution in [2.24, 2.45) is 0 Å². The lowest BCUT2D eigenvalue weighted by Gasteiger charge is -2.26. The van der Waals surface area contributed by atoms with Crippen LogP contribution in [0, 0.1) is 0 Å². The Morgan fingerprint density at radius 3 is 2.55 bits per heavy atom. The molecule has 31 heavy (non-hydrogen) atoms. The third-order valence-corrected chi connectivity index (χ3v) is 6.22. The Balaban J connectivity index is 1.43. The number of pyridine rings is 1. The quantitative estimate of drug-likeness (QED) is 0.639. The molecule has 5 rings (SSSR count). The van der Waals surface area contributed by atoms with Crippen LogP contribution in [-0.4, -0.2) is 50.5 Å². The Kier molecular flexibility index (Phi) is 5.21. The van der Waals surface area contributed by atoms with Gasteiger partial charge in [-0.3, -0.25) is 4.79 Å². The van der Waals surface area contributed by atoms with Gasteiger partial charge in [0.1, 0.15) is 22.9 Å². The fourth-order valence-electron chi connectivity index (χ4n) is 4.31. The molecule has 2 fully saturated rings. The van der Waals surface area contributed by atoms with Crippen molar-refractivity contribution in [2.45, 2.75) is 57.1 Å². The number of rotatable bonds is 6. The van der Waals surface area contributed by atoms with E-state index in [-0.39, 0.29) is 5.91 Å². The highest BCUT2D eigenvalue weighted by atomic mass is 16.5. The molecule has 0 aromatic carbocycles. The summed E-state index contributed by atoms with van der Waals surface area (Å²) in [4.78, 5) is 28.1. The molecular formula is C23H28N6O2. The number of anilines is 2. The van der Waals surface area contributed by atoms with E-state index in [2.05, 4.69) is 19.9 Å². The summed E-state index contributed by atoms with van der Waals surface area (Å²) in [5.74, 6) is 1.90. The molecule has 8 heteroatoms. The molecule has 0 radical (unpaired) electrons. The second-order valence-electron chi connectivity index (χ2n) is 8.68. The van der Waals surface area contributed by atoms with Crippen LogP contribution in [0.5, 0.6) is 5.75 Å². The molecule has 1 amide bonds. The number of aromatic nitrogens is 4. The summed E-state index contributed by atoms with van der Waals surface area (Å²) in [6.07, 6.45) is 11.8. The molecule has 2 aliphatic rings. The van der Waals surface area contributed by atoms with Crippen molar-refractivity contribution in [3.05, 3.63) is 36.3 Å². The van der Waals surface area contributed by atoms with Crippen molar-refractivity contribution in [1.29, 1.82) is 0 Å². The van der Waals surface area contributed by atoms with Gasteiger partial charge in [-0.25, -0.2) is 9.97 Å². The molecule has 3 heterocycles. The summed E-state index contributed by atoms with van der Waals surface area (Å²) < 4.78 is 7.98. The van der Waals surface area contributed by atoms with E-state index in [1.807, 2.05) is 18.2 Å². The zero-order valence-electron chi connectivity index (χ0n) is 18.0. The van der Waals surface area contributed by atoms with Gasteiger partial charge in [0.05, 0.1) is 12.3 Å². The minimum Gasteiger partial charge on any atom is -0.489 e. The molecule has 0 spiro atoms. The number of nitrogens with zero attached hydrogens (tertiary/aromatic N) is 5. The number of hydrogen-bond donors (Lipinski definition) is 1. The Bertz CT molecular complexity index is 1080. The number of carbonyl (C=O) groups is 1. The first kappa shape index (κ1) is 19.8. The maximum absolute atomic E-state index is 12.8. The van der Waals surface area contributed by atoms with Crippen molar-refractivity contribution in [3.8, 4) is 5.75 Å². The number of nitrogens with one attached hydrogen (secondary N) is 1. The molecular weight excluding hydrogens is 392 g/mol. The molecule has 0 bridgehead atoms. The zero-order valence-corrected chi connectivity index (χ0v) is 18.0. The Hall–Kier alpha value is -3.16. The molecule has 0 aliphatic heterocycles. The molecule has 162 valence electrons. The van der Waals surface area contributed by atoms with E-state index < -0.39 is 0 Å². The molecule has 0 unspecified atom stereocenters. The van der Waals surface area contributed by atoms with Crippen LogP contribution in [0.4, 0.5) is 11.8 Å². The average Bonchev–Trinajstić information content (AvgIpc) is 3.38. The third-order valence-electron chi connectivity index (χ3n) is 6.22. The first-order valence-electron chi connectivity index (χ1n) is 11.1. The lowest BCUT2D eigenvalue weighted by atomic mass is 9.96. The highest BCUT2D eigenvalue weighted by Gasteiger charge is 2.26. The van der Waals surface area contributed by atoms with Gasteiger partial charge in [0.2, 0.25) is 5.95 Å². The van der Waals surface area contributed by atoms with Gasteiger partial charge in [-0.15, -0.1) is 0 Å².